The van der Waals surface area contributed by atoms with Crippen molar-refractivity contribution < 1.29 is 9.15 Å². The van der Waals surface area contributed by atoms with Crippen LogP contribution in [0.5, 0.6) is 5.75 Å². The quantitative estimate of drug-likeness (QED) is 0.520. The fraction of sp³-hybridized carbons (Fsp3) is 0.200. The van der Waals surface area contributed by atoms with Crippen LogP contribution in [0, 0.1) is 6.92 Å². The number of aliphatic imine (C=N–C) groups is 1. The molecule has 0 spiro atoms. The molecule has 0 radical (unpaired) electrons. The summed E-state index contributed by atoms with van der Waals surface area (Å²) in [6.45, 7) is 7.70. The lowest BCUT2D eigenvalue weighted by atomic mass is 10.1. The Bertz CT molecular complexity index is 1130. The normalized spacial score (nSPS) is 12.9. The van der Waals surface area contributed by atoms with Gasteiger partial charge in [-0.3, -0.25) is 4.99 Å². The average molecular weight is 415 g/mol. The van der Waals surface area contributed by atoms with E-state index < -0.39 is 0 Å². The predicted octanol–water partition coefficient (Wildman–Crippen LogP) is 5.35. The summed E-state index contributed by atoms with van der Waals surface area (Å²) in [5.41, 5.74) is 6.13. The molecule has 2 heterocycles. The van der Waals surface area contributed by atoms with E-state index >= 15 is 0 Å². The molecule has 0 aliphatic carbocycles. The maximum Gasteiger partial charge on any atom is 0.299 e. The second-order valence-electron chi connectivity index (χ2n) is 7.36. The minimum atomic E-state index is 0.468. The number of hydrogen-bond donors (Lipinski definition) is 2. The molecule has 158 valence electrons. The number of hydrogen-bond acceptors (Lipinski definition) is 6. The number of anilines is 2. The van der Waals surface area contributed by atoms with Crippen LogP contribution in [0.15, 0.2) is 70.7 Å². The molecule has 6 nitrogen and oxygen atoms in total. The van der Waals surface area contributed by atoms with Crippen molar-refractivity contribution in [2.45, 2.75) is 19.9 Å². The van der Waals surface area contributed by atoms with Crippen LogP contribution in [0.3, 0.4) is 0 Å². The number of nitrogens with one attached hydrogen (secondary N) is 2. The monoisotopic (exact) mass is 414 g/mol. The Labute approximate surface area is 182 Å². The van der Waals surface area contributed by atoms with E-state index in [1.165, 1.54) is 0 Å². The highest BCUT2D eigenvalue weighted by Crippen LogP contribution is 2.27. The van der Waals surface area contributed by atoms with Crippen LogP contribution in [0.25, 0.3) is 11.3 Å². The maximum absolute atomic E-state index is 5.91. The van der Waals surface area contributed by atoms with E-state index in [0.717, 1.165) is 58.1 Å². The average Bonchev–Trinajstić information content (AvgIpc) is 3.28. The van der Waals surface area contributed by atoms with Crippen LogP contribution in [0.4, 0.5) is 11.7 Å². The lowest BCUT2D eigenvalue weighted by Gasteiger charge is -2.13. The molecule has 3 aromatic rings. The first-order valence-electron chi connectivity index (χ1n) is 10.2. The molecular formula is C25H26N4O2. The molecule has 2 aromatic carbocycles. The molecule has 31 heavy (non-hydrogen) atoms. The van der Waals surface area contributed by atoms with E-state index in [0.29, 0.717) is 12.6 Å². The van der Waals surface area contributed by atoms with Crippen LogP contribution in [-0.2, 0) is 6.54 Å². The van der Waals surface area contributed by atoms with Gasteiger partial charge >= 0.3 is 0 Å². The zero-order valence-corrected chi connectivity index (χ0v) is 17.8. The van der Waals surface area contributed by atoms with E-state index in [9.17, 15) is 0 Å². The van der Waals surface area contributed by atoms with Gasteiger partial charge in [0, 0.05) is 30.7 Å². The number of rotatable bonds is 8. The summed E-state index contributed by atoms with van der Waals surface area (Å²) in [6, 6.07) is 14.6. The third-order valence-electron chi connectivity index (χ3n) is 5.21. The molecule has 2 N–H and O–H groups in total. The van der Waals surface area contributed by atoms with E-state index in [-0.39, 0.29) is 0 Å². The summed E-state index contributed by atoms with van der Waals surface area (Å²) in [5.74, 6) is 1.62. The second-order valence-corrected chi connectivity index (χ2v) is 7.36. The Kier molecular flexibility index (Phi) is 6.17. The summed E-state index contributed by atoms with van der Waals surface area (Å²) >= 11 is 0. The second kappa shape index (κ2) is 9.34. The largest absolute Gasteiger partial charge is 0.497 e. The van der Waals surface area contributed by atoms with E-state index in [4.69, 9.17) is 9.15 Å². The standard InChI is InChI=1S/C25H26N4O2/c1-17-4-7-21(18(2)27-15-19-5-8-22(30-3)9-6-19)14-23(17)29-25-28-16-24(31-25)20-10-12-26-13-11-20/h4-10,12,14,16,27H,2,11,13,15H2,1,3H3,(H,28,29). The van der Waals surface area contributed by atoms with Crippen molar-refractivity contribution in [3.63, 3.8) is 0 Å². The first-order valence-corrected chi connectivity index (χ1v) is 10.2. The molecule has 0 saturated heterocycles. The van der Waals surface area contributed by atoms with Gasteiger partial charge in [0.15, 0.2) is 5.76 Å². The number of aryl methyl sites for hydroxylation is 1. The first kappa shape index (κ1) is 20.5. The zero-order valence-electron chi connectivity index (χ0n) is 17.8. The fourth-order valence-corrected chi connectivity index (χ4v) is 3.29. The summed E-state index contributed by atoms with van der Waals surface area (Å²) in [7, 11) is 1.67. The first-order chi connectivity index (χ1) is 15.1. The zero-order chi connectivity index (χ0) is 21.6. The van der Waals surface area contributed by atoms with Gasteiger partial charge in [-0.05, 0) is 59.9 Å². The number of nitrogens with zero attached hydrogens (tertiary/aromatic N) is 2. The van der Waals surface area contributed by atoms with Gasteiger partial charge in [0.1, 0.15) is 5.75 Å². The molecule has 0 atom stereocenters. The van der Waals surface area contributed by atoms with Gasteiger partial charge in [0.25, 0.3) is 6.01 Å². The van der Waals surface area contributed by atoms with E-state index in [1.54, 1.807) is 13.3 Å². The number of aromatic nitrogens is 1. The van der Waals surface area contributed by atoms with Gasteiger partial charge < -0.3 is 19.8 Å². The highest BCUT2D eigenvalue weighted by atomic mass is 16.5. The minimum Gasteiger partial charge on any atom is -0.497 e. The van der Waals surface area contributed by atoms with Crippen LogP contribution < -0.4 is 15.4 Å². The van der Waals surface area contributed by atoms with Crippen molar-refractivity contribution in [1.29, 1.82) is 0 Å². The molecule has 0 amide bonds. The van der Waals surface area contributed by atoms with Gasteiger partial charge in [0.2, 0.25) is 0 Å². The number of ether oxygens (including phenoxy) is 1. The van der Waals surface area contributed by atoms with Gasteiger partial charge in [0.05, 0.1) is 13.3 Å². The van der Waals surface area contributed by atoms with E-state index in [2.05, 4.69) is 45.4 Å². The van der Waals surface area contributed by atoms with Crippen molar-refractivity contribution in [2.75, 3.05) is 19.0 Å². The number of allylic oxidation sites excluding steroid dienone is 1. The van der Waals surface area contributed by atoms with Crippen molar-refractivity contribution in [2.24, 2.45) is 4.99 Å². The van der Waals surface area contributed by atoms with Crippen LogP contribution >= 0.6 is 0 Å². The van der Waals surface area contributed by atoms with Gasteiger partial charge in [-0.25, -0.2) is 4.98 Å². The summed E-state index contributed by atoms with van der Waals surface area (Å²) < 4.78 is 11.1. The molecule has 0 saturated carbocycles. The van der Waals surface area contributed by atoms with Crippen LogP contribution in [0.2, 0.25) is 0 Å². The summed E-state index contributed by atoms with van der Waals surface area (Å²) in [6.07, 6.45) is 6.39. The maximum atomic E-state index is 5.91. The van der Waals surface area contributed by atoms with Crippen molar-refractivity contribution >= 4 is 29.2 Å². The van der Waals surface area contributed by atoms with Crippen molar-refractivity contribution in [3.8, 4) is 5.75 Å². The Balaban J connectivity index is 1.43. The van der Waals surface area contributed by atoms with Crippen molar-refractivity contribution in [1.82, 2.24) is 10.3 Å². The highest BCUT2D eigenvalue weighted by molar-refractivity contribution is 5.85. The topological polar surface area (TPSA) is 71.7 Å². The lowest BCUT2D eigenvalue weighted by Crippen LogP contribution is -2.11. The molecule has 0 unspecified atom stereocenters. The number of methoxy groups -OCH3 is 1. The minimum absolute atomic E-state index is 0.468. The van der Waals surface area contributed by atoms with Crippen molar-refractivity contribution in [3.05, 3.63) is 83.8 Å². The Morgan fingerprint density at radius 1 is 1.19 bits per heavy atom. The smallest absolute Gasteiger partial charge is 0.299 e. The molecule has 0 fully saturated rings. The number of benzene rings is 2. The highest BCUT2D eigenvalue weighted by Gasteiger charge is 2.12. The Morgan fingerprint density at radius 2 is 2.03 bits per heavy atom. The van der Waals surface area contributed by atoms with Crippen LogP contribution in [0.1, 0.15) is 28.9 Å². The third-order valence-corrected chi connectivity index (χ3v) is 5.21. The predicted molar refractivity (Wildman–Crippen MR) is 126 cm³/mol. The Morgan fingerprint density at radius 3 is 2.77 bits per heavy atom. The molecule has 1 aliphatic rings. The molecule has 1 aromatic heterocycles. The third kappa shape index (κ3) is 5.04. The fourth-order valence-electron chi connectivity index (χ4n) is 3.29. The molecule has 4 rings (SSSR count). The summed E-state index contributed by atoms with van der Waals surface area (Å²) in [5, 5.41) is 6.68. The van der Waals surface area contributed by atoms with Gasteiger partial charge in [-0.1, -0.05) is 30.8 Å². The molecule has 0 bridgehead atoms. The molecular weight excluding hydrogens is 388 g/mol. The lowest BCUT2D eigenvalue weighted by molar-refractivity contribution is 0.414. The summed E-state index contributed by atoms with van der Waals surface area (Å²) in [4.78, 5) is 8.59. The van der Waals surface area contributed by atoms with Gasteiger partial charge in [-0.15, -0.1) is 0 Å². The van der Waals surface area contributed by atoms with Gasteiger partial charge in [-0.2, -0.15) is 0 Å². The van der Waals surface area contributed by atoms with E-state index in [1.807, 2.05) is 43.5 Å². The molecule has 1 aliphatic heterocycles. The molecule has 6 heteroatoms. The number of dihydropyridines is 1. The SMILES string of the molecule is C=C(NCc1ccc(OC)cc1)c1ccc(C)c(Nc2ncc(C3=CC=NCC3)o2)c1. The Hall–Kier alpha value is -3.80. The van der Waals surface area contributed by atoms with Crippen LogP contribution in [-0.4, -0.2) is 24.9 Å². The number of oxazole rings is 1.